The highest BCUT2D eigenvalue weighted by atomic mass is 16.5. The first kappa shape index (κ1) is 22.0. The largest absolute Gasteiger partial charge is 0.493 e. The highest BCUT2D eigenvalue weighted by Gasteiger charge is 2.21. The summed E-state index contributed by atoms with van der Waals surface area (Å²) in [4.78, 5) is 17.3. The van der Waals surface area contributed by atoms with Gasteiger partial charge in [-0.3, -0.25) is 4.79 Å². The zero-order chi connectivity index (χ0) is 22.8. The van der Waals surface area contributed by atoms with Crippen molar-refractivity contribution in [3.8, 4) is 5.75 Å². The monoisotopic (exact) mass is 432 g/mol. The molecule has 1 aliphatic heterocycles. The summed E-state index contributed by atoms with van der Waals surface area (Å²) in [6.45, 7) is 13.7. The Morgan fingerprint density at radius 2 is 1.84 bits per heavy atom. The number of ether oxygens (including phenoxy) is 1. The lowest BCUT2D eigenvalue weighted by Gasteiger charge is -2.36. The van der Waals surface area contributed by atoms with Crippen molar-refractivity contribution in [1.82, 2.24) is 4.90 Å². The van der Waals surface area contributed by atoms with Gasteiger partial charge >= 0.3 is 0 Å². The molecule has 0 unspecified atom stereocenters. The van der Waals surface area contributed by atoms with Crippen LogP contribution < -0.4 is 9.64 Å². The minimum absolute atomic E-state index is 0.0500. The van der Waals surface area contributed by atoms with Gasteiger partial charge in [-0.1, -0.05) is 12.1 Å². The number of fused-ring (bicyclic) bond motifs is 1. The number of hydrogen-bond acceptors (Lipinski definition) is 4. The minimum atomic E-state index is 0.0500. The van der Waals surface area contributed by atoms with E-state index in [1.54, 1.807) is 6.08 Å². The number of hydrogen-bond donors (Lipinski definition) is 0. The maximum Gasteiger partial charge on any atom is 0.246 e. The fourth-order valence-corrected chi connectivity index (χ4v) is 4.32. The van der Waals surface area contributed by atoms with Gasteiger partial charge in [-0.2, -0.15) is 0 Å². The van der Waals surface area contributed by atoms with E-state index in [2.05, 4.69) is 49.1 Å². The van der Waals surface area contributed by atoms with E-state index < -0.39 is 0 Å². The third-order valence-electron chi connectivity index (χ3n) is 6.30. The Kier molecular flexibility index (Phi) is 6.26. The molecule has 168 valence electrons. The van der Waals surface area contributed by atoms with E-state index in [9.17, 15) is 4.79 Å². The number of amides is 1. The normalized spacial score (nSPS) is 14.8. The molecule has 2 heterocycles. The Balaban J connectivity index is 1.52. The first-order chi connectivity index (χ1) is 15.4. The number of piperazine rings is 1. The van der Waals surface area contributed by atoms with Gasteiger partial charge in [0.15, 0.2) is 0 Å². The van der Waals surface area contributed by atoms with Crippen LogP contribution in [0, 0.1) is 20.8 Å². The molecule has 5 nitrogen and oxygen atoms in total. The van der Waals surface area contributed by atoms with Gasteiger partial charge < -0.3 is 19.0 Å². The van der Waals surface area contributed by atoms with Crippen molar-refractivity contribution in [2.24, 2.45) is 0 Å². The van der Waals surface area contributed by atoms with Gasteiger partial charge in [0.2, 0.25) is 5.91 Å². The summed E-state index contributed by atoms with van der Waals surface area (Å²) in [6.07, 6.45) is 1.74. The number of aryl methyl sites for hydroxylation is 3. The number of allylic oxidation sites excluding steroid dienone is 1. The van der Waals surface area contributed by atoms with Crippen LogP contribution in [0.25, 0.3) is 16.5 Å². The second-order valence-electron chi connectivity index (χ2n) is 8.54. The molecule has 1 saturated heterocycles. The van der Waals surface area contributed by atoms with E-state index in [1.807, 2.05) is 31.7 Å². The van der Waals surface area contributed by atoms with Crippen LogP contribution in [-0.2, 0) is 4.79 Å². The summed E-state index contributed by atoms with van der Waals surface area (Å²) in [5.41, 5.74) is 6.26. The molecule has 0 bridgehead atoms. The zero-order valence-electron chi connectivity index (χ0n) is 19.7. The molecule has 32 heavy (non-hydrogen) atoms. The van der Waals surface area contributed by atoms with E-state index in [4.69, 9.17) is 9.15 Å². The van der Waals surface area contributed by atoms with Gasteiger partial charge in [-0.15, -0.1) is 0 Å². The quantitative estimate of drug-likeness (QED) is 0.499. The van der Waals surface area contributed by atoms with Crippen LogP contribution >= 0.6 is 0 Å². The fraction of sp³-hybridized carbons (Fsp3) is 0.370. The van der Waals surface area contributed by atoms with Gasteiger partial charge in [0.25, 0.3) is 0 Å². The van der Waals surface area contributed by atoms with Crippen LogP contribution in [-0.4, -0.2) is 43.6 Å². The molecule has 0 aliphatic carbocycles. The number of furan rings is 1. The fourth-order valence-electron chi connectivity index (χ4n) is 4.32. The minimum Gasteiger partial charge on any atom is -0.493 e. The van der Waals surface area contributed by atoms with Crippen molar-refractivity contribution in [3.05, 3.63) is 64.9 Å². The smallest absolute Gasteiger partial charge is 0.246 e. The van der Waals surface area contributed by atoms with E-state index in [0.717, 1.165) is 52.3 Å². The lowest BCUT2D eigenvalue weighted by Crippen LogP contribution is -2.48. The van der Waals surface area contributed by atoms with Gasteiger partial charge in [-0.25, -0.2) is 0 Å². The Hall–Kier alpha value is -3.21. The van der Waals surface area contributed by atoms with Crippen molar-refractivity contribution in [2.45, 2.75) is 34.6 Å². The van der Waals surface area contributed by atoms with Gasteiger partial charge in [-0.05, 0) is 69.5 Å². The maximum absolute atomic E-state index is 13.1. The number of rotatable bonds is 5. The Bertz CT molecular complexity index is 1170. The first-order valence-corrected chi connectivity index (χ1v) is 11.3. The van der Waals surface area contributed by atoms with E-state index >= 15 is 0 Å². The Morgan fingerprint density at radius 1 is 1.09 bits per heavy atom. The topological polar surface area (TPSA) is 45.9 Å². The lowest BCUT2D eigenvalue weighted by molar-refractivity contribution is -0.126. The zero-order valence-corrected chi connectivity index (χ0v) is 19.7. The van der Waals surface area contributed by atoms with Crippen LogP contribution in [0.5, 0.6) is 5.75 Å². The number of carbonyl (C=O) groups is 1. The number of carbonyl (C=O) groups excluding carboxylic acids is 1. The second kappa shape index (κ2) is 9.11. The van der Waals surface area contributed by atoms with Crippen LogP contribution in [0.15, 0.2) is 46.9 Å². The molecule has 1 aliphatic rings. The molecule has 5 heteroatoms. The SMILES string of the molecule is CCOc1cc2oc(C)c(C)c2cc1/C(C)=C/C(=O)N1CCN(c2cccc(C)c2)CC1. The predicted molar refractivity (Wildman–Crippen MR) is 130 cm³/mol. The summed E-state index contributed by atoms with van der Waals surface area (Å²) < 4.78 is 11.8. The molecule has 0 atom stereocenters. The van der Waals surface area contributed by atoms with Crippen molar-refractivity contribution in [1.29, 1.82) is 0 Å². The molecule has 0 saturated carbocycles. The average Bonchev–Trinajstić information content (AvgIpc) is 3.06. The van der Waals surface area contributed by atoms with Crippen LogP contribution in [0.1, 0.15) is 36.3 Å². The average molecular weight is 433 g/mol. The van der Waals surface area contributed by atoms with Crippen LogP contribution in [0.2, 0.25) is 0 Å². The lowest BCUT2D eigenvalue weighted by atomic mass is 10.0. The van der Waals surface area contributed by atoms with E-state index in [-0.39, 0.29) is 5.91 Å². The third-order valence-corrected chi connectivity index (χ3v) is 6.30. The van der Waals surface area contributed by atoms with Crippen molar-refractivity contribution in [3.63, 3.8) is 0 Å². The summed E-state index contributed by atoms with van der Waals surface area (Å²) in [6, 6.07) is 12.6. The summed E-state index contributed by atoms with van der Waals surface area (Å²) in [5, 5.41) is 1.06. The molecule has 4 rings (SSSR count). The summed E-state index contributed by atoms with van der Waals surface area (Å²) >= 11 is 0. The van der Waals surface area contributed by atoms with Crippen LogP contribution in [0.4, 0.5) is 5.69 Å². The molecule has 1 fully saturated rings. The predicted octanol–water partition coefficient (Wildman–Crippen LogP) is 5.51. The molecule has 1 amide bonds. The summed E-state index contributed by atoms with van der Waals surface area (Å²) in [5.74, 6) is 1.71. The molecule has 2 aromatic carbocycles. The maximum atomic E-state index is 13.1. The van der Waals surface area contributed by atoms with Crippen molar-refractivity contribution in [2.75, 3.05) is 37.7 Å². The third kappa shape index (κ3) is 4.38. The van der Waals surface area contributed by atoms with Crippen molar-refractivity contribution < 1.29 is 13.9 Å². The summed E-state index contributed by atoms with van der Waals surface area (Å²) in [7, 11) is 0. The van der Waals surface area contributed by atoms with Crippen molar-refractivity contribution >= 4 is 28.1 Å². The van der Waals surface area contributed by atoms with E-state index in [1.165, 1.54) is 11.3 Å². The van der Waals surface area contributed by atoms with Gasteiger partial charge in [0, 0.05) is 55.0 Å². The van der Waals surface area contributed by atoms with Gasteiger partial charge in [0.1, 0.15) is 17.1 Å². The molecule has 3 aromatic rings. The molecule has 1 aromatic heterocycles. The Labute approximate surface area is 190 Å². The molecular formula is C27H32N2O3. The Morgan fingerprint density at radius 3 is 2.53 bits per heavy atom. The van der Waals surface area contributed by atoms with Gasteiger partial charge in [0.05, 0.1) is 6.61 Å². The van der Waals surface area contributed by atoms with E-state index in [0.29, 0.717) is 19.7 Å². The number of benzene rings is 2. The molecule has 0 N–H and O–H groups in total. The first-order valence-electron chi connectivity index (χ1n) is 11.3. The van der Waals surface area contributed by atoms with Crippen LogP contribution in [0.3, 0.4) is 0 Å². The highest BCUT2D eigenvalue weighted by molar-refractivity contribution is 5.97. The second-order valence-corrected chi connectivity index (χ2v) is 8.54. The molecule has 0 radical (unpaired) electrons. The standard InChI is InChI=1S/C27H32N2O3/c1-6-31-25-17-26-24(20(4)21(5)32-26)16-23(25)19(3)15-27(30)29-12-10-28(11-13-29)22-9-7-8-18(2)14-22/h7-9,14-17H,6,10-13H2,1-5H3/b19-15+. The number of nitrogens with zero attached hydrogens (tertiary/aromatic N) is 2. The number of anilines is 1. The molecule has 0 spiro atoms. The highest BCUT2D eigenvalue weighted by Crippen LogP contribution is 2.35. The molecular weight excluding hydrogens is 400 g/mol.